The molecule has 0 radical (unpaired) electrons. The van der Waals surface area contributed by atoms with Crippen LogP contribution in [-0.2, 0) is 22.7 Å². The molecule has 7 heteroatoms. The second-order valence-electron chi connectivity index (χ2n) is 7.36. The number of benzene rings is 1. The predicted molar refractivity (Wildman–Crippen MR) is 90.3 cm³/mol. The third-order valence-electron chi connectivity index (χ3n) is 5.29. The molecular weight excluding hydrogens is 320 g/mol. The lowest BCUT2D eigenvalue weighted by atomic mass is 10.0. The van der Waals surface area contributed by atoms with Gasteiger partial charge in [-0.3, -0.25) is 19.7 Å². The number of nitrogens with zero attached hydrogens (tertiary/aromatic N) is 1. The van der Waals surface area contributed by atoms with E-state index in [4.69, 9.17) is 5.73 Å². The molecule has 2 aliphatic heterocycles. The fraction of sp³-hybridized carbons (Fsp3) is 0.500. The molecule has 3 aliphatic rings. The summed E-state index contributed by atoms with van der Waals surface area (Å²) < 4.78 is 0. The average Bonchev–Trinajstić information content (AvgIpc) is 3.21. The second kappa shape index (κ2) is 5.93. The Morgan fingerprint density at radius 3 is 2.80 bits per heavy atom. The van der Waals surface area contributed by atoms with Crippen LogP contribution >= 0.6 is 0 Å². The predicted octanol–water partition coefficient (Wildman–Crippen LogP) is 0.0285. The van der Waals surface area contributed by atoms with Gasteiger partial charge in [0.05, 0.1) is 0 Å². The standard InChI is InChI=1S/C18H22N4O3/c19-18(5-6-18)10-20-8-11-1-2-13-12(7-11)9-22(17(13)25)14-3-4-15(23)21-16(14)24/h1-2,7,14,20H,3-6,8-10,19H2,(H,21,23,24). The van der Waals surface area contributed by atoms with Gasteiger partial charge in [-0.05, 0) is 36.5 Å². The zero-order valence-corrected chi connectivity index (χ0v) is 14.0. The maximum Gasteiger partial charge on any atom is 0.255 e. The van der Waals surface area contributed by atoms with E-state index in [1.165, 1.54) is 0 Å². The summed E-state index contributed by atoms with van der Waals surface area (Å²) in [5.74, 6) is -0.785. The van der Waals surface area contributed by atoms with E-state index in [9.17, 15) is 14.4 Å². The van der Waals surface area contributed by atoms with Gasteiger partial charge in [-0.2, -0.15) is 0 Å². The highest BCUT2D eigenvalue weighted by molar-refractivity contribution is 6.05. The number of carbonyl (C=O) groups is 3. The Morgan fingerprint density at radius 2 is 2.08 bits per heavy atom. The first-order valence-corrected chi connectivity index (χ1v) is 8.71. The van der Waals surface area contributed by atoms with Gasteiger partial charge in [0.15, 0.2) is 0 Å². The fourth-order valence-corrected chi connectivity index (χ4v) is 3.53. The number of fused-ring (bicyclic) bond motifs is 1. The minimum Gasteiger partial charge on any atom is -0.324 e. The lowest BCUT2D eigenvalue weighted by molar-refractivity contribution is -0.136. The second-order valence-corrected chi connectivity index (χ2v) is 7.36. The average molecular weight is 342 g/mol. The van der Waals surface area contributed by atoms with E-state index in [1.807, 2.05) is 18.2 Å². The number of nitrogens with two attached hydrogens (primary N) is 1. The maximum atomic E-state index is 12.6. The van der Waals surface area contributed by atoms with E-state index in [1.54, 1.807) is 4.90 Å². The molecule has 4 N–H and O–H groups in total. The molecule has 3 amide bonds. The van der Waals surface area contributed by atoms with Crippen LogP contribution in [0, 0.1) is 0 Å². The molecule has 132 valence electrons. The van der Waals surface area contributed by atoms with Crippen molar-refractivity contribution in [2.75, 3.05) is 6.54 Å². The van der Waals surface area contributed by atoms with Crippen LogP contribution in [-0.4, -0.2) is 40.7 Å². The number of imide groups is 1. The van der Waals surface area contributed by atoms with Gasteiger partial charge in [-0.25, -0.2) is 0 Å². The SMILES string of the molecule is NC1(CNCc2ccc3c(c2)CN(C2CCC(=O)NC2=O)C3=O)CC1. The molecule has 25 heavy (non-hydrogen) atoms. The quantitative estimate of drug-likeness (QED) is 0.655. The first kappa shape index (κ1) is 16.2. The monoisotopic (exact) mass is 342 g/mol. The van der Waals surface area contributed by atoms with Crippen molar-refractivity contribution in [3.8, 4) is 0 Å². The minimum atomic E-state index is -0.564. The van der Waals surface area contributed by atoms with E-state index >= 15 is 0 Å². The first-order chi connectivity index (χ1) is 12.0. The number of piperidine rings is 1. The van der Waals surface area contributed by atoms with E-state index in [-0.39, 0.29) is 29.7 Å². The molecule has 2 heterocycles. The van der Waals surface area contributed by atoms with Crippen molar-refractivity contribution in [2.45, 2.75) is 50.4 Å². The molecule has 1 saturated carbocycles. The largest absolute Gasteiger partial charge is 0.324 e. The Bertz CT molecular complexity index is 757. The van der Waals surface area contributed by atoms with Crippen LogP contribution in [0.1, 0.15) is 47.2 Å². The molecule has 0 spiro atoms. The molecule has 0 bridgehead atoms. The Morgan fingerprint density at radius 1 is 1.28 bits per heavy atom. The molecule has 1 unspecified atom stereocenters. The Balaban J connectivity index is 1.43. The molecular formula is C18H22N4O3. The van der Waals surface area contributed by atoms with E-state index in [2.05, 4.69) is 10.6 Å². The van der Waals surface area contributed by atoms with Crippen LogP contribution < -0.4 is 16.4 Å². The van der Waals surface area contributed by atoms with Crippen LogP contribution in [0.2, 0.25) is 0 Å². The van der Waals surface area contributed by atoms with Crippen molar-refractivity contribution < 1.29 is 14.4 Å². The molecule has 4 rings (SSSR count). The number of nitrogens with one attached hydrogen (secondary N) is 2. The number of carbonyl (C=O) groups excluding carboxylic acids is 3. The topological polar surface area (TPSA) is 105 Å². The van der Waals surface area contributed by atoms with Crippen LogP contribution in [0.5, 0.6) is 0 Å². The van der Waals surface area contributed by atoms with Crippen molar-refractivity contribution in [3.05, 3.63) is 34.9 Å². The molecule has 0 aromatic heterocycles. The normalized spacial score (nSPS) is 24.3. The molecule has 1 atom stereocenters. The van der Waals surface area contributed by atoms with Crippen LogP contribution in [0.4, 0.5) is 0 Å². The molecule has 7 nitrogen and oxygen atoms in total. The van der Waals surface area contributed by atoms with Crippen molar-refractivity contribution in [2.24, 2.45) is 5.73 Å². The van der Waals surface area contributed by atoms with Crippen molar-refractivity contribution in [1.82, 2.24) is 15.5 Å². The maximum absolute atomic E-state index is 12.6. The highest BCUT2D eigenvalue weighted by Gasteiger charge is 2.39. The number of hydrogen-bond acceptors (Lipinski definition) is 5. The molecule has 2 fully saturated rings. The summed E-state index contributed by atoms with van der Waals surface area (Å²) in [5.41, 5.74) is 8.71. The number of rotatable bonds is 5. The lowest BCUT2D eigenvalue weighted by Crippen LogP contribution is -2.52. The Kier molecular flexibility index (Phi) is 3.85. The van der Waals surface area contributed by atoms with Crippen molar-refractivity contribution in [3.63, 3.8) is 0 Å². The van der Waals surface area contributed by atoms with Crippen molar-refractivity contribution >= 4 is 17.7 Å². The third kappa shape index (κ3) is 3.17. The lowest BCUT2D eigenvalue weighted by Gasteiger charge is -2.29. The van der Waals surface area contributed by atoms with Crippen LogP contribution in [0.15, 0.2) is 18.2 Å². The minimum absolute atomic E-state index is 0.0325. The summed E-state index contributed by atoms with van der Waals surface area (Å²) in [4.78, 5) is 37.5. The molecule has 1 aromatic rings. The van der Waals surface area contributed by atoms with Gasteiger partial charge < -0.3 is 16.0 Å². The van der Waals surface area contributed by atoms with Crippen LogP contribution in [0.3, 0.4) is 0 Å². The number of amides is 3. The van der Waals surface area contributed by atoms with Gasteiger partial charge in [-0.1, -0.05) is 12.1 Å². The summed E-state index contributed by atoms with van der Waals surface area (Å²) in [6, 6.07) is 5.22. The van der Waals surface area contributed by atoms with Gasteiger partial charge in [0.1, 0.15) is 6.04 Å². The highest BCUT2D eigenvalue weighted by Crippen LogP contribution is 2.31. The van der Waals surface area contributed by atoms with Gasteiger partial charge in [0.2, 0.25) is 11.8 Å². The Labute approximate surface area is 145 Å². The van der Waals surface area contributed by atoms with E-state index < -0.39 is 6.04 Å². The molecule has 1 aromatic carbocycles. The zero-order valence-electron chi connectivity index (χ0n) is 14.0. The molecule has 1 saturated heterocycles. The smallest absolute Gasteiger partial charge is 0.255 e. The zero-order chi connectivity index (χ0) is 17.6. The summed E-state index contributed by atoms with van der Waals surface area (Å²) in [6.45, 7) is 1.92. The summed E-state index contributed by atoms with van der Waals surface area (Å²) >= 11 is 0. The molecule has 1 aliphatic carbocycles. The van der Waals surface area contributed by atoms with Gasteiger partial charge in [0.25, 0.3) is 5.91 Å². The van der Waals surface area contributed by atoms with Gasteiger partial charge >= 0.3 is 0 Å². The highest BCUT2D eigenvalue weighted by atomic mass is 16.2. The van der Waals surface area contributed by atoms with Crippen molar-refractivity contribution in [1.29, 1.82) is 0 Å². The van der Waals surface area contributed by atoms with Gasteiger partial charge in [0, 0.05) is 37.2 Å². The van der Waals surface area contributed by atoms with E-state index in [0.29, 0.717) is 25.1 Å². The Hall–Kier alpha value is -2.25. The summed E-state index contributed by atoms with van der Waals surface area (Å²) in [6.07, 6.45) is 2.79. The third-order valence-corrected chi connectivity index (χ3v) is 5.29. The number of hydrogen-bond donors (Lipinski definition) is 3. The van der Waals surface area contributed by atoms with Gasteiger partial charge in [-0.15, -0.1) is 0 Å². The summed E-state index contributed by atoms with van der Waals surface area (Å²) in [5, 5.41) is 5.69. The van der Waals surface area contributed by atoms with E-state index in [0.717, 1.165) is 30.5 Å². The fourth-order valence-electron chi connectivity index (χ4n) is 3.53. The summed E-state index contributed by atoms with van der Waals surface area (Å²) in [7, 11) is 0. The van der Waals surface area contributed by atoms with Crippen LogP contribution in [0.25, 0.3) is 0 Å². The first-order valence-electron chi connectivity index (χ1n) is 8.71.